The quantitative estimate of drug-likeness (QED) is 0.567. The van der Waals surface area contributed by atoms with Crippen molar-refractivity contribution >= 4 is 33.8 Å². The molecule has 0 saturated carbocycles. The van der Waals surface area contributed by atoms with Crippen molar-refractivity contribution < 1.29 is 18.4 Å². The van der Waals surface area contributed by atoms with Gasteiger partial charge in [0.1, 0.15) is 28.5 Å². The Kier molecular flexibility index (Phi) is 4.97. The molecule has 2 atom stereocenters. The van der Waals surface area contributed by atoms with Crippen LogP contribution in [0.1, 0.15) is 33.3 Å². The monoisotopic (exact) mass is 405 g/mol. The number of rotatable bonds is 2. The van der Waals surface area contributed by atoms with Crippen LogP contribution in [0.2, 0.25) is 0 Å². The Hall–Kier alpha value is -1.90. The molecule has 0 bridgehead atoms. The molecule has 3 heterocycles. The molecule has 4 rings (SSSR count). The van der Waals surface area contributed by atoms with Crippen LogP contribution in [0, 0.1) is 5.82 Å². The van der Waals surface area contributed by atoms with E-state index in [2.05, 4.69) is 9.30 Å². The molecule has 8 heteroatoms. The molecule has 150 valence electrons. The molecule has 0 amide bonds. The minimum absolute atomic E-state index is 0.123. The molecular formula is C20H24FN3O3S. The third-order valence-electron chi connectivity index (χ3n) is 4.89. The van der Waals surface area contributed by atoms with Crippen molar-refractivity contribution in [2.24, 2.45) is 4.40 Å². The number of hydrogen-bond donors (Lipinski definition) is 0. The van der Waals surface area contributed by atoms with E-state index in [0.29, 0.717) is 47.7 Å². The minimum Gasteiger partial charge on any atom is -0.591 e. The van der Waals surface area contributed by atoms with Crippen LogP contribution in [0.5, 0.6) is 5.75 Å². The fourth-order valence-corrected chi connectivity index (χ4v) is 4.00. The van der Waals surface area contributed by atoms with Gasteiger partial charge in [-0.3, -0.25) is 0 Å². The average Bonchev–Trinajstić information content (AvgIpc) is 2.65. The third kappa shape index (κ3) is 3.56. The van der Waals surface area contributed by atoms with Crippen LogP contribution in [0.25, 0.3) is 10.9 Å². The largest absolute Gasteiger partial charge is 0.591 e. The predicted molar refractivity (Wildman–Crippen MR) is 109 cm³/mol. The van der Waals surface area contributed by atoms with Crippen LogP contribution in [0.15, 0.2) is 22.6 Å². The smallest absolute Gasteiger partial charge is 0.172 e. The van der Waals surface area contributed by atoms with E-state index in [1.165, 1.54) is 12.1 Å². The average molecular weight is 405 g/mol. The van der Waals surface area contributed by atoms with Gasteiger partial charge in [0.25, 0.3) is 0 Å². The zero-order chi connectivity index (χ0) is 20.1. The summed E-state index contributed by atoms with van der Waals surface area (Å²) in [4.78, 5) is 7.02. The molecule has 0 N–H and O–H groups in total. The predicted octanol–water partition coefficient (Wildman–Crippen LogP) is 3.24. The molecule has 0 radical (unpaired) electrons. The van der Waals surface area contributed by atoms with E-state index in [-0.39, 0.29) is 11.9 Å². The van der Waals surface area contributed by atoms with Gasteiger partial charge in [0.2, 0.25) is 0 Å². The lowest BCUT2D eigenvalue weighted by atomic mass is 10.0. The molecule has 1 aromatic carbocycles. The van der Waals surface area contributed by atoms with E-state index in [4.69, 9.17) is 14.5 Å². The number of benzene rings is 1. The first-order chi connectivity index (χ1) is 13.2. The van der Waals surface area contributed by atoms with Crippen molar-refractivity contribution in [2.45, 2.75) is 38.5 Å². The zero-order valence-corrected chi connectivity index (χ0v) is 17.3. The van der Waals surface area contributed by atoms with Crippen molar-refractivity contribution in [3.63, 3.8) is 0 Å². The summed E-state index contributed by atoms with van der Waals surface area (Å²) >= 11 is -1.44. The maximum Gasteiger partial charge on any atom is 0.172 e. The second-order valence-electron chi connectivity index (χ2n) is 8.11. The van der Waals surface area contributed by atoms with Gasteiger partial charge in [-0.25, -0.2) is 9.37 Å². The summed E-state index contributed by atoms with van der Waals surface area (Å²) in [5.41, 5.74) is 1.68. The van der Waals surface area contributed by atoms with Crippen LogP contribution in [-0.4, -0.2) is 52.4 Å². The highest BCUT2D eigenvalue weighted by molar-refractivity contribution is 7.91. The molecule has 1 aromatic heterocycles. The topological polar surface area (TPSA) is 70.0 Å². The molecule has 28 heavy (non-hydrogen) atoms. The molecule has 0 unspecified atom stereocenters. The number of nitrogens with zero attached hydrogens (tertiary/aromatic N) is 3. The number of hydrogen-bond acceptors (Lipinski definition) is 6. The summed E-state index contributed by atoms with van der Waals surface area (Å²) in [6.07, 6.45) is 0. The molecule has 1 saturated heterocycles. The number of morpholine rings is 1. The summed E-state index contributed by atoms with van der Waals surface area (Å²) in [6.45, 7) is 9.80. The van der Waals surface area contributed by atoms with Crippen LogP contribution in [0.3, 0.4) is 0 Å². The highest BCUT2D eigenvalue weighted by Crippen LogP contribution is 2.37. The second-order valence-corrected chi connectivity index (χ2v) is 10.0. The molecule has 6 nitrogen and oxygen atoms in total. The Morgan fingerprint density at radius 2 is 2.11 bits per heavy atom. The number of ether oxygens (including phenoxy) is 2. The molecule has 2 aromatic rings. The Bertz CT molecular complexity index is 944. The summed E-state index contributed by atoms with van der Waals surface area (Å²) in [6, 6.07) is 4.79. The summed E-state index contributed by atoms with van der Waals surface area (Å²) in [5, 5.41) is 0.636. The van der Waals surface area contributed by atoms with E-state index in [1.807, 2.05) is 26.8 Å². The highest BCUT2D eigenvalue weighted by atomic mass is 32.2. The van der Waals surface area contributed by atoms with Crippen molar-refractivity contribution in [1.29, 1.82) is 0 Å². The lowest BCUT2D eigenvalue weighted by Gasteiger charge is -2.40. The van der Waals surface area contributed by atoms with E-state index in [9.17, 15) is 8.94 Å². The Balaban J connectivity index is 1.84. The lowest BCUT2D eigenvalue weighted by Crippen LogP contribution is -2.51. The second kappa shape index (κ2) is 7.17. The molecule has 0 aliphatic carbocycles. The summed E-state index contributed by atoms with van der Waals surface area (Å²) < 4.78 is 42.0. The van der Waals surface area contributed by atoms with Crippen LogP contribution < -0.4 is 9.64 Å². The minimum atomic E-state index is -1.44. The molecular weight excluding hydrogens is 381 g/mol. The number of fused-ring (bicyclic) bond motifs is 4. The first kappa shape index (κ1) is 19.4. The van der Waals surface area contributed by atoms with Gasteiger partial charge in [0.15, 0.2) is 11.6 Å². The number of pyridine rings is 1. The first-order valence-electron chi connectivity index (χ1n) is 9.33. The third-order valence-corrected chi connectivity index (χ3v) is 6.38. The Morgan fingerprint density at radius 3 is 2.86 bits per heavy atom. The van der Waals surface area contributed by atoms with Gasteiger partial charge in [0, 0.05) is 17.5 Å². The maximum absolute atomic E-state index is 14.3. The van der Waals surface area contributed by atoms with Gasteiger partial charge in [-0.05, 0) is 45.9 Å². The van der Waals surface area contributed by atoms with E-state index < -0.39 is 16.1 Å². The van der Waals surface area contributed by atoms with Crippen LogP contribution in [-0.2, 0) is 16.1 Å². The summed E-state index contributed by atoms with van der Waals surface area (Å²) in [7, 11) is 0. The zero-order valence-electron chi connectivity index (χ0n) is 16.5. The highest BCUT2D eigenvalue weighted by Gasteiger charge is 2.32. The molecule has 0 spiro atoms. The molecule has 2 aliphatic heterocycles. The fraction of sp³-hybridized carbons (Fsp3) is 0.500. The van der Waals surface area contributed by atoms with E-state index in [0.717, 1.165) is 12.4 Å². The first-order valence-corrected chi connectivity index (χ1v) is 10.4. The van der Waals surface area contributed by atoms with Crippen LogP contribution in [0.4, 0.5) is 10.2 Å². The van der Waals surface area contributed by atoms with Gasteiger partial charge in [-0.15, -0.1) is 0 Å². The van der Waals surface area contributed by atoms with Gasteiger partial charge < -0.3 is 18.9 Å². The van der Waals surface area contributed by atoms with Crippen molar-refractivity contribution in [3.8, 4) is 5.75 Å². The fourth-order valence-electron chi connectivity index (χ4n) is 3.38. The summed E-state index contributed by atoms with van der Waals surface area (Å²) in [5.74, 6) is 1.00. The van der Waals surface area contributed by atoms with Gasteiger partial charge in [-0.1, -0.05) is 4.40 Å². The van der Waals surface area contributed by atoms with Crippen molar-refractivity contribution in [2.75, 3.05) is 31.3 Å². The van der Waals surface area contributed by atoms with Gasteiger partial charge >= 0.3 is 0 Å². The number of halogens is 1. The molecule has 1 fully saturated rings. The number of anilines is 1. The van der Waals surface area contributed by atoms with E-state index in [1.54, 1.807) is 6.92 Å². The van der Waals surface area contributed by atoms with Gasteiger partial charge in [-0.2, -0.15) is 0 Å². The standard InChI is InChI=1S/C20H24FN3O3S/c1-12(23-28(25)20(2,3)4)16-9-14(21)7-13-8-17-19(22-18(13)16)24-5-6-26-10-15(24)11-27-17/h7-9,15H,5-6,10-11H2,1-4H3/b23-12+/t15-,28+/m0/s1. The Morgan fingerprint density at radius 1 is 1.32 bits per heavy atom. The van der Waals surface area contributed by atoms with Crippen LogP contribution >= 0.6 is 0 Å². The van der Waals surface area contributed by atoms with Crippen molar-refractivity contribution in [3.05, 3.63) is 29.6 Å². The Labute approximate surface area is 167 Å². The maximum atomic E-state index is 14.3. The van der Waals surface area contributed by atoms with Crippen molar-refractivity contribution in [1.82, 2.24) is 4.98 Å². The normalized spacial score (nSPS) is 21.1. The SMILES string of the molecule is C/C(=N\[S@+]([O-])C(C)(C)C)c1cc(F)cc2cc3c(nc12)N1CCOC[C@H]1CO3. The molecule has 2 aliphatic rings. The van der Waals surface area contributed by atoms with E-state index >= 15 is 0 Å². The lowest BCUT2D eigenvalue weighted by molar-refractivity contribution is 0.0698. The number of aromatic nitrogens is 1. The van der Waals surface area contributed by atoms with Gasteiger partial charge in [0.05, 0.1) is 30.5 Å².